The van der Waals surface area contributed by atoms with E-state index in [1.807, 2.05) is 0 Å². The Morgan fingerprint density at radius 2 is 2.30 bits per heavy atom. The number of likely N-dealkylation sites (N-methyl/N-ethyl adjacent to an activating group) is 1. The molecule has 0 unspecified atom stereocenters. The standard InChI is InChI=1S/C12H17N5O3/c1-4-20-10(18)7-16(2)6-9-14-11-8(12(19)15-9)5-13-17(11)3/h5H,4,6-7H2,1-3H3,(H,14,15,19). The first-order chi connectivity index (χ1) is 9.51. The summed E-state index contributed by atoms with van der Waals surface area (Å²) in [6.45, 7) is 2.59. The predicted molar refractivity (Wildman–Crippen MR) is 72.1 cm³/mol. The SMILES string of the molecule is CCOC(=O)CN(C)Cc1nc2c(cnn2C)c(=O)[nH]1. The van der Waals surface area contributed by atoms with Crippen molar-refractivity contribution < 1.29 is 9.53 Å². The van der Waals surface area contributed by atoms with E-state index in [1.54, 1.807) is 30.6 Å². The van der Waals surface area contributed by atoms with E-state index in [9.17, 15) is 9.59 Å². The van der Waals surface area contributed by atoms with Crippen LogP contribution >= 0.6 is 0 Å². The second-order valence-corrected chi connectivity index (χ2v) is 4.50. The zero-order chi connectivity index (χ0) is 14.7. The Morgan fingerprint density at radius 3 is 3.00 bits per heavy atom. The number of ether oxygens (including phenoxy) is 1. The fraction of sp³-hybridized carbons (Fsp3) is 0.500. The molecule has 0 saturated heterocycles. The molecule has 0 saturated carbocycles. The minimum atomic E-state index is -0.307. The van der Waals surface area contributed by atoms with Crippen LogP contribution in [0.2, 0.25) is 0 Å². The zero-order valence-electron chi connectivity index (χ0n) is 11.7. The molecule has 2 aromatic rings. The Bertz CT molecular complexity index is 675. The number of carbonyl (C=O) groups is 1. The number of hydrogen-bond acceptors (Lipinski definition) is 6. The molecule has 20 heavy (non-hydrogen) atoms. The first-order valence-corrected chi connectivity index (χ1v) is 6.26. The predicted octanol–water partition coefficient (Wildman–Crippen LogP) is -0.348. The van der Waals surface area contributed by atoms with E-state index in [0.29, 0.717) is 30.0 Å². The van der Waals surface area contributed by atoms with Gasteiger partial charge in [-0.15, -0.1) is 0 Å². The van der Waals surface area contributed by atoms with Crippen molar-refractivity contribution >= 4 is 17.0 Å². The van der Waals surface area contributed by atoms with Crippen LogP contribution in [0.4, 0.5) is 0 Å². The molecule has 0 aliphatic rings. The number of esters is 1. The summed E-state index contributed by atoms with van der Waals surface area (Å²) in [6.07, 6.45) is 1.48. The van der Waals surface area contributed by atoms with E-state index >= 15 is 0 Å². The van der Waals surface area contributed by atoms with Gasteiger partial charge in [0.15, 0.2) is 5.65 Å². The number of hydrogen-bond donors (Lipinski definition) is 1. The maximum atomic E-state index is 11.9. The molecule has 2 heterocycles. The van der Waals surface area contributed by atoms with Crippen LogP contribution in [0.15, 0.2) is 11.0 Å². The second-order valence-electron chi connectivity index (χ2n) is 4.50. The molecule has 0 radical (unpaired) electrons. The quantitative estimate of drug-likeness (QED) is 0.752. The smallest absolute Gasteiger partial charge is 0.320 e. The molecule has 0 aliphatic heterocycles. The number of nitrogens with zero attached hydrogens (tertiary/aromatic N) is 4. The number of fused-ring (bicyclic) bond motifs is 1. The molecule has 0 spiro atoms. The Kier molecular flexibility index (Phi) is 4.14. The number of aromatic amines is 1. The zero-order valence-corrected chi connectivity index (χ0v) is 11.7. The summed E-state index contributed by atoms with van der Waals surface area (Å²) < 4.78 is 6.40. The molecule has 0 aliphatic carbocycles. The maximum Gasteiger partial charge on any atom is 0.320 e. The molecular formula is C12H17N5O3. The van der Waals surface area contributed by atoms with Gasteiger partial charge in [-0.3, -0.25) is 19.2 Å². The van der Waals surface area contributed by atoms with Gasteiger partial charge in [-0.1, -0.05) is 0 Å². The van der Waals surface area contributed by atoms with Gasteiger partial charge in [0.2, 0.25) is 0 Å². The van der Waals surface area contributed by atoms with Gasteiger partial charge in [-0.25, -0.2) is 4.98 Å². The first kappa shape index (κ1) is 14.2. The number of aromatic nitrogens is 4. The van der Waals surface area contributed by atoms with Crippen molar-refractivity contribution in [1.29, 1.82) is 0 Å². The summed E-state index contributed by atoms with van der Waals surface area (Å²) in [7, 11) is 3.48. The summed E-state index contributed by atoms with van der Waals surface area (Å²) in [6, 6.07) is 0. The Labute approximate surface area is 115 Å². The fourth-order valence-corrected chi connectivity index (χ4v) is 1.89. The third kappa shape index (κ3) is 3.02. The summed E-state index contributed by atoms with van der Waals surface area (Å²) in [5.74, 6) is 0.178. The Hall–Kier alpha value is -2.22. The molecule has 2 aromatic heterocycles. The average Bonchev–Trinajstić information content (AvgIpc) is 2.71. The number of aryl methyl sites for hydroxylation is 1. The minimum absolute atomic E-state index is 0.140. The van der Waals surface area contributed by atoms with Crippen LogP contribution in [0.3, 0.4) is 0 Å². The molecule has 8 nitrogen and oxygen atoms in total. The van der Waals surface area contributed by atoms with Gasteiger partial charge in [-0.05, 0) is 14.0 Å². The van der Waals surface area contributed by atoms with Crippen LogP contribution in [0.25, 0.3) is 11.0 Å². The summed E-state index contributed by atoms with van der Waals surface area (Å²) >= 11 is 0. The number of carbonyl (C=O) groups excluding carboxylic acids is 1. The average molecular weight is 279 g/mol. The Morgan fingerprint density at radius 1 is 1.55 bits per heavy atom. The topological polar surface area (TPSA) is 93.1 Å². The number of rotatable bonds is 5. The van der Waals surface area contributed by atoms with Crippen LogP contribution in [0.5, 0.6) is 0 Å². The van der Waals surface area contributed by atoms with Gasteiger partial charge in [-0.2, -0.15) is 5.10 Å². The highest BCUT2D eigenvalue weighted by Gasteiger charge is 2.12. The molecule has 108 valence electrons. The lowest BCUT2D eigenvalue weighted by Crippen LogP contribution is -2.28. The molecule has 0 fully saturated rings. The third-order valence-corrected chi connectivity index (χ3v) is 2.77. The largest absolute Gasteiger partial charge is 0.465 e. The van der Waals surface area contributed by atoms with Crippen molar-refractivity contribution in [2.75, 3.05) is 20.2 Å². The lowest BCUT2D eigenvalue weighted by atomic mass is 10.4. The van der Waals surface area contributed by atoms with E-state index in [1.165, 1.54) is 6.20 Å². The van der Waals surface area contributed by atoms with Gasteiger partial charge in [0.1, 0.15) is 11.2 Å². The van der Waals surface area contributed by atoms with Gasteiger partial charge < -0.3 is 9.72 Å². The van der Waals surface area contributed by atoms with Gasteiger partial charge in [0.25, 0.3) is 5.56 Å². The molecule has 1 N–H and O–H groups in total. The van der Waals surface area contributed by atoms with Crippen molar-refractivity contribution in [3.05, 3.63) is 22.4 Å². The molecule has 8 heteroatoms. The van der Waals surface area contributed by atoms with Crippen molar-refractivity contribution in [3.63, 3.8) is 0 Å². The summed E-state index contributed by atoms with van der Waals surface area (Å²) in [4.78, 5) is 32.0. The third-order valence-electron chi connectivity index (χ3n) is 2.77. The highest BCUT2D eigenvalue weighted by molar-refractivity contribution is 5.73. The van der Waals surface area contributed by atoms with E-state index in [2.05, 4.69) is 15.1 Å². The van der Waals surface area contributed by atoms with E-state index < -0.39 is 0 Å². The highest BCUT2D eigenvalue weighted by atomic mass is 16.5. The summed E-state index contributed by atoms with van der Waals surface area (Å²) in [5.41, 5.74) is 0.288. The first-order valence-electron chi connectivity index (χ1n) is 6.26. The molecular weight excluding hydrogens is 262 g/mol. The van der Waals surface area contributed by atoms with Crippen LogP contribution in [0.1, 0.15) is 12.7 Å². The van der Waals surface area contributed by atoms with Crippen LogP contribution in [-0.2, 0) is 23.1 Å². The molecule has 2 rings (SSSR count). The van der Waals surface area contributed by atoms with Crippen molar-refractivity contribution in [2.24, 2.45) is 7.05 Å². The van der Waals surface area contributed by atoms with E-state index in [-0.39, 0.29) is 18.1 Å². The van der Waals surface area contributed by atoms with Crippen LogP contribution < -0.4 is 5.56 Å². The van der Waals surface area contributed by atoms with Crippen molar-refractivity contribution in [2.45, 2.75) is 13.5 Å². The number of H-pyrrole nitrogens is 1. The normalized spacial score (nSPS) is 11.2. The van der Waals surface area contributed by atoms with Crippen molar-refractivity contribution in [3.8, 4) is 0 Å². The maximum absolute atomic E-state index is 11.9. The van der Waals surface area contributed by atoms with Gasteiger partial charge in [0, 0.05) is 7.05 Å². The fourth-order valence-electron chi connectivity index (χ4n) is 1.89. The van der Waals surface area contributed by atoms with Crippen LogP contribution in [-0.4, -0.2) is 50.8 Å². The second kappa shape index (κ2) is 5.83. The van der Waals surface area contributed by atoms with E-state index in [0.717, 1.165) is 0 Å². The van der Waals surface area contributed by atoms with E-state index in [4.69, 9.17) is 4.74 Å². The molecule has 0 amide bonds. The summed E-state index contributed by atoms with van der Waals surface area (Å²) in [5, 5.41) is 4.44. The highest BCUT2D eigenvalue weighted by Crippen LogP contribution is 2.05. The monoisotopic (exact) mass is 279 g/mol. The van der Waals surface area contributed by atoms with Crippen molar-refractivity contribution in [1.82, 2.24) is 24.6 Å². The molecule has 0 bridgehead atoms. The van der Waals surface area contributed by atoms with Gasteiger partial charge in [0.05, 0.1) is 25.9 Å². The minimum Gasteiger partial charge on any atom is -0.465 e. The Balaban J connectivity index is 2.15. The van der Waals surface area contributed by atoms with Gasteiger partial charge >= 0.3 is 5.97 Å². The van der Waals surface area contributed by atoms with Crippen LogP contribution in [0, 0.1) is 0 Å². The molecule has 0 atom stereocenters. The lowest BCUT2D eigenvalue weighted by molar-refractivity contribution is -0.144. The molecule has 0 aromatic carbocycles. The number of nitrogens with one attached hydrogen (secondary N) is 1. The lowest BCUT2D eigenvalue weighted by Gasteiger charge is -2.14.